The molecular formula is C24H25F2NO5. The molecule has 1 aliphatic heterocycles. The average Bonchev–Trinajstić information content (AvgIpc) is 3.56. The summed E-state index contributed by atoms with van der Waals surface area (Å²) in [5.74, 6) is -0.912. The van der Waals surface area contributed by atoms with E-state index in [1.165, 1.54) is 23.0 Å². The van der Waals surface area contributed by atoms with Crippen molar-refractivity contribution in [3.05, 3.63) is 70.9 Å². The molecule has 5 atom stereocenters. The Bertz CT molecular complexity index is 1130. The van der Waals surface area contributed by atoms with Crippen LogP contribution in [0.4, 0.5) is 8.78 Å². The van der Waals surface area contributed by atoms with Gasteiger partial charge in [0.05, 0.1) is 12.1 Å². The molecule has 0 unspecified atom stereocenters. The first-order valence-corrected chi connectivity index (χ1v) is 10.7. The third-order valence-electron chi connectivity index (χ3n) is 6.49. The SMILES string of the molecule is OC[C@H]1O[C@@H](n2cc(Cc3ccc(C4CC4)cc3)c3c(F)cc(F)cc32)[C@H](O)[C@@H](O)[C@@H]1O. The molecule has 1 aromatic heterocycles. The molecule has 6 nitrogen and oxygen atoms in total. The van der Waals surface area contributed by atoms with Crippen molar-refractivity contribution in [1.82, 2.24) is 4.57 Å². The van der Waals surface area contributed by atoms with Crippen molar-refractivity contribution < 1.29 is 33.9 Å². The number of fused-ring (bicyclic) bond motifs is 1. The van der Waals surface area contributed by atoms with Crippen molar-refractivity contribution in [1.29, 1.82) is 0 Å². The Kier molecular flexibility index (Phi) is 5.51. The molecule has 0 spiro atoms. The number of ether oxygens (including phenoxy) is 1. The molecule has 2 fully saturated rings. The molecule has 1 saturated heterocycles. The Morgan fingerprint density at radius 3 is 2.34 bits per heavy atom. The van der Waals surface area contributed by atoms with Crippen LogP contribution in [-0.4, -0.2) is 56.0 Å². The minimum Gasteiger partial charge on any atom is -0.394 e. The van der Waals surface area contributed by atoms with Gasteiger partial charge in [0.2, 0.25) is 0 Å². The molecule has 0 amide bonds. The maximum atomic E-state index is 14.9. The van der Waals surface area contributed by atoms with E-state index in [1.54, 1.807) is 6.20 Å². The predicted molar refractivity (Wildman–Crippen MR) is 112 cm³/mol. The Balaban J connectivity index is 1.56. The largest absolute Gasteiger partial charge is 0.394 e. The second-order valence-corrected chi connectivity index (χ2v) is 8.76. The summed E-state index contributed by atoms with van der Waals surface area (Å²) in [6.45, 7) is -0.594. The van der Waals surface area contributed by atoms with Crippen LogP contribution >= 0.6 is 0 Å². The molecule has 0 bridgehead atoms. The molecule has 1 saturated carbocycles. The van der Waals surface area contributed by atoms with E-state index in [1.807, 2.05) is 12.1 Å². The van der Waals surface area contributed by atoms with Gasteiger partial charge in [-0.25, -0.2) is 8.78 Å². The summed E-state index contributed by atoms with van der Waals surface area (Å²) in [5.41, 5.74) is 2.95. The summed E-state index contributed by atoms with van der Waals surface area (Å²) in [4.78, 5) is 0. The second-order valence-electron chi connectivity index (χ2n) is 8.76. The molecule has 2 aliphatic rings. The smallest absolute Gasteiger partial charge is 0.163 e. The molecule has 2 heterocycles. The maximum Gasteiger partial charge on any atom is 0.163 e. The first kappa shape index (κ1) is 21.5. The van der Waals surface area contributed by atoms with Gasteiger partial charge in [-0.05, 0) is 47.9 Å². The van der Waals surface area contributed by atoms with Crippen LogP contribution in [0.5, 0.6) is 0 Å². The summed E-state index contributed by atoms with van der Waals surface area (Å²) in [6.07, 6.45) is -2.74. The molecule has 8 heteroatoms. The number of halogens is 2. The van der Waals surface area contributed by atoms with Gasteiger partial charge in [-0.3, -0.25) is 0 Å². The topological polar surface area (TPSA) is 95.1 Å². The van der Waals surface area contributed by atoms with Crippen LogP contribution in [0.3, 0.4) is 0 Å². The highest BCUT2D eigenvalue weighted by Gasteiger charge is 2.44. The van der Waals surface area contributed by atoms with Gasteiger partial charge in [0.15, 0.2) is 6.23 Å². The van der Waals surface area contributed by atoms with Crippen LogP contribution in [0.15, 0.2) is 42.6 Å². The van der Waals surface area contributed by atoms with Crippen molar-refractivity contribution in [2.45, 2.75) is 55.8 Å². The number of rotatable bonds is 5. The first-order valence-electron chi connectivity index (χ1n) is 10.7. The Morgan fingerprint density at radius 2 is 1.69 bits per heavy atom. The van der Waals surface area contributed by atoms with E-state index in [0.717, 1.165) is 17.7 Å². The molecule has 2 aromatic carbocycles. The highest BCUT2D eigenvalue weighted by atomic mass is 19.1. The number of hydrogen-bond acceptors (Lipinski definition) is 5. The fourth-order valence-corrected chi connectivity index (χ4v) is 4.58. The quantitative estimate of drug-likeness (QED) is 0.484. The fourth-order valence-electron chi connectivity index (χ4n) is 4.58. The van der Waals surface area contributed by atoms with Gasteiger partial charge in [-0.15, -0.1) is 0 Å². The van der Waals surface area contributed by atoms with Gasteiger partial charge >= 0.3 is 0 Å². The fraction of sp³-hybridized carbons (Fsp3) is 0.417. The Hall–Kier alpha value is -2.36. The number of aromatic nitrogens is 1. The third kappa shape index (κ3) is 3.72. The van der Waals surface area contributed by atoms with Crippen molar-refractivity contribution in [3.63, 3.8) is 0 Å². The van der Waals surface area contributed by atoms with Crippen LogP contribution in [0.2, 0.25) is 0 Å². The normalized spacial score (nSPS) is 28.4. The van der Waals surface area contributed by atoms with Crippen LogP contribution in [-0.2, 0) is 11.2 Å². The van der Waals surface area contributed by atoms with Crippen molar-refractivity contribution in [2.24, 2.45) is 0 Å². The second kappa shape index (κ2) is 8.20. The number of aliphatic hydroxyl groups excluding tert-OH is 4. The molecule has 4 N–H and O–H groups in total. The van der Waals surface area contributed by atoms with Gasteiger partial charge < -0.3 is 29.7 Å². The van der Waals surface area contributed by atoms with Crippen LogP contribution < -0.4 is 0 Å². The molecule has 1 aliphatic carbocycles. The number of hydrogen-bond donors (Lipinski definition) is 4. The molecule has 0 radical (unpaired) electrons. The van der Waals surface area contributed by atoms with Crippen molar-refractivity contribution >= 4 is 10.9 Å². The van der Waals surface area contributed by atoms with E-state index in [-0.39, 0.29) is 10.9 Å². The lowest BCUT2D eigenvalue weighted by molar-refractivity contribution is -0.250. The summed E-state index contributed by atoms with van der Waals surface area (Å²) in [5, 5.41) is 40.5. The number of aliphatic hydroxyl groups is 4. The van der Waals surface area contributed by atoms with E-state index in [0.29, 0.717) is 17.9 Å². The van der Waals surface area contributed by atoms with Crippen LogP contribution in [0.25, 0.3) is 10.9 Å². The molecule has 170 valence electrons. The van der Waals surface area contributed by atoms with Crippen molar-refractivity contribution in [2.75, 3.05) is 6.61 Å². The van der Waals surface area contributed by atoms with E-state index in [2.05, 4.69) is 12.1 Å². The lowest BCUT2D eigenvalue weighted by atomic mass is 9.98. The Morgan fingerprint density at radius 1 is 0.969 bits per heavy atom. The van der Waals surface area contributed by atoms with Crippen LogP contribution in [0.1, 0.15) is 41.7 Å². The van der Waals surface area contributed by atoms with E-state index in [9.17, 15) is 29.2 Å². The van der Waals surface area contributed by atoms with Gasteiger partial charge in [0.25, 0.3) is 0 Å². The molecule has 5 rings (SSSR count). The summed E-state index contributed by atoms with van der Waals surface area (Å²) >= 11 is 0. The van der Waals surface area contributed by atoms with Crippen LogP contribution in [0, 0.1) is 11.6 Å². The summed E-state index contributed by atoms with van der Waals surface area (Å²) < 4.78 is 35.9. The van der Waals surface area contributed by atoms with E-state index in [4.69, 9.17) is 4.74 Å². The van der Waals surface area contributed by atoms with Gasteiger partial charge in [-0.1, -0.05) is 24.3 Å². The zero-order chi connectivity index (χ0) is 22.6. The van der Waals surface area contributed by atoms with E-state index >= 15 is 0 Å². The predicted octanol–water partition coefficient (Wildman–Crippen LogP) is 2.36. The van der Waals surface area contributed by atoms with Gasteiger partial charge in [-0.2, -0.15) is 0 Å². The highest BCUT2D eigenvalue weighted by molar-refractivity contribution is 5.85. The van der Waals surface area contributed by atoms with Crippen molar-refractivity contribution in [3.8, 4) is 0 Å². The number of benzene rings is 2. The first-order chi connectivity index (χ1) is 15.4. The van der Waals surface area contributed by atoms with Gasteiger partial charge in [0.1, 0.15) is 36.1 Å². The minimum atomic E-state index is -1.60. The third-order valence-corrected chi connectivity index (χ3v) is 6.49. The van der Waals surface area contributed by atoms with Gasteiger partial charge in [0, 0.05) is 17.6 Å². The summed E-state index contributed by atoms with van der Waals surface area (Å²) in [6, 6.07) is 10.1. The zero-order valence-electron chi connectivity index (χ0n) is 17.2. The lowest BCUT2D eigenvalue weighted by Gasteiger charge is -2.40. The molecular weight excluding hydrogens is 420 g/mol. The highest BCUT2D eigenvalue weighted by Crippen LogP contribution is 2.40. The maximum absolute atomic E-state index is 14.9. The average molecular weight is 445 g/mol. The summed E-state index contributed by atoms with van der Waals surface area (Å²) in [7, 11) is 0. The lowest BCUT2D eigenvalue weighted by Crippen LogP contribution is -2.56. The molecule has 3 aromatic rings. The van der Waals surface area contributed by atoms with E-state index < -0.39 is 48.9 Å². The minimum absolute atomic E-state index is 0.149. The molecule has 32 heavy (non-hydrogen) atoms. The standard InChI is InChI=1S/C24H25F2NO5/c25-16-8-17(26)20-15(7-12-1-3-13(4-2-12)14-5-6-14)10-27(18(20)9-16)24-23(31)22(30)21(29)19(11-28)32-24/h1-4,8-10,14,19,21-24,28-31H,5-7,11H2/t19-,21-,22+,23-,24-/m1/s1. The zero-order valence-corrected chi connectivity index (χ0v) is 17.2. The Labute approximate surface area is 183 Å². The monoisotopic (exact) mass is 445 g/mol. The number of nitrogens with zero attached hydrogens (tertiary/aromatic N) is 1.